The molecule has 58 valence electrons. The first kappa shape index (κ1) is 9.01. The lowest BCUT2D eigenvalue weighted by Gasteiger charge is -1.96. The molecule has 0 atom stereocenters. The van der Waals surface area contributed by atoms with Gasteiger partial charge in [-0.05, 0) is 13.3 Å². The second-order valence-electron chi connectivity index (χ2n) is 1.98. The van der Waals surface area contributed by atoms with Gasteiger partial charge in [0, 0.05) is 0 Å². The first-order chi connectivity index (χ1) is 4.68. The van der Waals surface area contributed by atoms with Crippen molar-refractivity contribution in [2.75, 3.05) is 6.61 Å². The van der Waals surface area contributed by atoms with Crippen molar-refractivity contribution in [1.29, 1.82) is 0 Å². The van der Waals surface area contributed by atoms with Crippen molar-refractivity contribution in [2.45, 2.75) is 20.3 Å². The molecule has 3 heteroatoms. The van der Waals surface area contributed by atoms with Gasteiger partial charge in [0.15, 0.2) is 0 Å². The molecule has 0 aromatic heterocycles. The van der Waals surface area contributed by atoms with E-state index in [9.17, 15) is 4.79 Å². The Bertz CT molecular complexity index is 138. The standard InChI is InChI=1S/C7H12O3/c1-3-4-10-5-6(2)7(8)9/h5H,3-4H2,1-2H3,(H,8,9). The van der Waals surface area contributed by atoms with Crippen LogP contribution < -0.4 is 0 Å². The minimum Gasteiger partial charge on any atom is -0.501 e. The van der Waals surface area contributed by atoms with Gasteiger partial charge in [-0.2, -0.15) is 0 Å². The van der Waals surface area contributed by atoms with E-state index in [-0.39, 0.29) is 5.57 Å². The number of carbonyl (C=O) groups is 1. The predicted molar refractivity (Wildman–Crippen MR) is 37.6 cm³/mol. The summed E-state index contributed by atoms with van der Waals surface area (Å²) in [5.41, 5.74) is 0.230. The highest BCUT2D eigenvalue weighted by molar-refractivity contribution is 5.85. The van der Waals surface area contributed by atoms with Crippen LogP contribution in [-0.2, 0) is 9.53 Å². The second-order valence-corrected chi connectivity index (χ2v) is 1.98. The molecule has 0 rings (SSSR count). The molecule has 0 heterocycles. The van der Waals surface area contributed by atoms with Crippen LogP contribution in [0.3, 0.4) is 0 Å². The van der Waals surface area contributed by atoms with Gasteiger partial charge in [0.1, 0.15) is 0 Å². The molecule has 0 aliphatic rings. The molecule has 0 radical (unpaired) electrons. The number of hydrogen-bond acceptors (Lipinski definition) is 2. The third kappa shape index (κ3) is 3.95. The first-order valence-electron chi connectivity index (χ1n) is 3.20. The summed E-state index contributed by atoms with van der Waals surface area (Å²) in [7, 11) is 0. The molecular weight excluding hydrogens is 132 g/mol. The number of ether oxygens (including phenoxy) is 1. The van der Waals surface area contributed by atoms with E-state index in [4.69, 9.17) is 9.84 Å². The Morgan fingerprint density at radius 3 is 2.70 bits per heavy atom. The van der Waals surface area contributed by atoms with Crippen LogP contribution in [0.25, 0.3) is 0 Å². The van der Waals surface area contributed by atoms with Crippen molar-refractivity contribution >= 4 is 5.97 Å². The summed E-state index contributed by atoms with van der Waals surface area (Å²) in [6.07, 6.45) is 2.16. The van der Waals surface area contributed by atoms with Gasteiger partial charge >= 0.3 is 5.97 Å². The highest BCUT2D eigenvalue weighted by atomic mass is 16.5. The van der Waals surface area contributed by atoms with E-state index in [0.29, 0.717) is 6.61 Å². The quantitative estimate of drug-likeness (QED) is 0.368. The van der Waals surface area contributed by atoms with Crippen LogP contribution in [0, 0.1) is 0 Å². The molecule has 0 saturated heterocycles. The van der Waals surface area contributed by atoms with Gasteiger partial charge < -0.3 is 9.84 Å². The number of carboxylic acids is 1. The molecule has 10 heavy (non-hydrogen) atoms. The van der Waals surface area contributed by atoms with Gasteiger partial charge in [-0.1, -0.05) is 6.92 Å². The maximum absolute atomic E-state index is 10.1. The monoisotopic (exact) mass is 144 g/mol. The number of carboxylic acid groups (broad SMARTS) is 1. The average Bonchev–Trinajstić information content (AvgIpc) is 1.88. The van der Waals surface area contributed by atoms with Crippen LogP contribution in [-0.4, -0.2) is 17.7 Å². The summed E-state index contributed by atoms with van der Waals surface area (Å²) in [5, 5.41) is 8.33. The molecule has 0 bridgehead atoms. The molecule has 0 fully saturated rings. The fourth-order valence-electron chi connectivity index (χ4n) is 0.352. The minimum absolute atomic E-state index is 0.230. The lowest BCUT2D eigenvalue weighted by Crippen LogP contribution is -1.97. The SMILES string of the molecule is CCCOC=C(C)C(=O)O. The molecule has 3 nitrogen and oxygen atoms in total. The minimum atomic E-state index is -0.934. The Hall–Kier alpha value is -0.990. The molecule has 0 aromatic carbocycles. The van der Waals surface area contributed by atoms with Gasteiger partial charge in [0.2, 0.25) is 0 Å². The zero-order valence-electron chi connectivity index (χ0n) is 6.26. The third-order valence-corrected chi connectivity index (χ3v) is 0.919. The van der Waals surface area contributed by atoms with Crippen LogP contribution >= 0.6 is 0 Å². The number of rotatable bonds is 4. The Labute approximate surface area is 60.3 Å². The van der Waals surface area contributed by atoms with Gasteiger partial charge in [0.05, 0.1) is 18.4 Å². The Morgan fingerprint density at radius 2 is 2.30 bits per heavy atom. The third-order valence-electron chi connectivity index (χ3n) is 0.919. The lowest BCUT2D eigenvalue weighted by atomic mass is 10.3. The molecule has 0 spiro atoms. The largest absolute Gasteiger partial charge is 0.501 e. The molecule has 0 saturated carbocycles. The molecule has 0 unspecified atom stereocenters. The molecule has 0 amide bonds. The maximum atomic E-state index is 10.1. The van der Waals surface area contributed by atoms with E-state index in [2.05, 4.69) is 0 Å². The lowest BCUT2D eigenvalue weighted by molar-refractivity contribution is -0.132. The van der Waals surface area contributed by atoms with Crippen molar-refractivity contribution in [3.8, 4) is 0 Å². The normalized spacial score (nSPS) is 11.2. The highest BCUT2D eigenvalue weighted by Crippen LogP contribution is 1.92. The summed E-state index contributed by atoms with van der Waals surface area (Å²) in [6.45, 7) is 4.03. The van der Waals surface area contributed by atoms with Gasteiger partial charge in [-0.25, -0.2) is 4.79 Å². The van der Waals surface area contributed by atoms with E-state index in [1.165, 1.54) is 13.2 Å². The fourth-order valence-corrected chi connectivity index (χ4v) is 0.352. The van der Waals surface area contributed by atoms with Crippen molar-refractivity contribution in [3.05, 3.63) is 11.8 Å². The van der Waals surface area contributed by atoms with Crippen LogP contribution in [0.15, 0.2) is 11.8 Å². The van der Waals surface area contributed by atoms with Crippen LogP contribution in [0.5, 0.6) is 0 Å². The van der Waals surface area contributed by atoms with Crippen molar-refractivity contribution < 1.29 is 14.6 Å². The number of aliphatic carboxylic acids is 1. The molecule has 0 aliphatic heterocycles. The smallest absolute Gasteiger partial charge is 0.334 e. The predicted octanol–water partition coefficient (Wildman–Crippen LogP) is 1.40. The van der Waals surface area contributed by atoms with Crippen molar-refractivity contribution in [1.82, 2.24) is 0 Å². The molecular formula is C7H12O3. The summed E-state index contributed by atoms with van der Waals surface area (Å²) in [6, 6.07) is 0. The van der Waals surface area contributed by atoms with Gasteiger partial charge in [0.25, 0.3) is 0 Å². The average molecular weight is 144 g/mol. The second kappa shape index (κ2) is 4.85. The fraction of sp³-hybridized carbons (Fsp3) is 0.571. The Kier molecular flexibility index (Phi) is 4.37. The Balaban J connectivity index is 3.58. The topological polar surface area (TPSA) is 46.5 Å². The zero-order chi connectivity index (χ0) is 7.98. The van der Waals surface area contributed by atoms with E-state index < -0.39 is 5.97 Å². The van der Waals surface area contributed by atoms with Crippen LogP contribution in [0.1, 0.15) is 20.3 Å². The Morgan fingerprint density at radius 1 is 1.70 bits per heavy atom. The highest BCUT2D eigenvalue weighted by Gasteiger charge is 1.97. The number of hydrogen-bond donors (Lipinski definition) is 1. The zero-order valence-corrected chi connectivity index (χ0v) is 6.26. The summed E-state index contributed by atoms with van der Waals surface area (Å²) >= 11 is 0. The van der Waals surface area contributed by atoms with Gasteiger partial charge in [-0.3, -0.25) is 0 Å². The van der Waals surface area contributed by atoms with Gasteiger partial charge in [-0.15, -0.1) is 0 Å². The van der Waals surface area contributed by atoms with Crippen LogP contribution in [0.2, 0.25) is 0 Å². The molecule has 1 N–H and O–H groups in total. The van der Waals surface area contributed by atoms with E-state index in [0.717, 1.165) is 6.42 Å². The summed E-state index contributed by atoms with van der Waals surface area (Å²) in [4.78, 5) is 10.1. The maximum Gasteiger partial charge on any atom is 0.334 e. The summed E-state index contributed by atoms with van der Waals surface area (Å²) < 4.78 is 4.86. The molecule has 0 aromatic rings. The van der Waals surface area contributed by atoms with E-state index in [1.807, 2.05) is 6.92 Å². The van der Waals surface area contributed by atoms with Crippen LogP contribution in [0.4, 0.5) is 0 Å². The van der Waals surface area contributed by atoms with Crippen molar-refractivity contribution in [3.63, 3.8) is 0 Å². The van der Waals surface area contributed by atoms with E-state index >= 15 is 0 Å². The van der Waals surface area contributed by atoms with E-state index in [1.54, 1.807) is 0 Å². The van der Waals surface area contributed by atoms with Crippen molar-refractivity contribution in [2.24, 2.45) is 0 Å². The summed E-state index contributed by atoms with van der Waals surface area (Å²) in [5.74, 6) is -0.934. The molecule has 0 aliphatic carbocycles. The first-order valence-corrected chi connectivity index (χ1v) is 3.20.